The monoisotopic (exact) mass is 404 g/mol. The summed E-state index contributed by atoms with van der Waals surface area (Å²) in [7, 11) is 0. The van der Waals surface area contributed by atoms with Crippen molar-refractivity contribution in [2.45, 2.75) is 0 Å². The Morgan fingerprint density at radius 2 is 1.96 bits per heavy atom. The Kier molecular flexibility index (Phi) is 6.35. The predicted molar refractivity (Wildman–Crippen MR) is 95.3 cm³/mol. The number of nitrogens with one attached hydrogen (secondary N) is 2. The van der Waals surface area contributed by atoms with Crippen molar-refractivity contribution in [2.75, 3.05) is 6.54 Å². The molecule has 2 N–H and O–H groups in total. The van der Waals surface area contributed by atoms with Gasteiger partial charge in [-0.1, -0.05) is 34.1 Å². The second-order valence-corrected chi connectivity index (χ2v) is 5.72. The van der Waals surface area contributed by atoms with Crippen molar-refractivity contribution >= 4 is 39.6 Å². The van der Waals surface area contributed by atoms with Crippen LogP contribution in [0.25, 0.3) is 0 Å². The molecule has 128 valence electrons. The maximum absolute atomic E-state index is 11.9. The van der Waals surface area contributed by atoms with Crippen LogP contribution in [0.15, 0.2) is 58.1 Å². The summed E-state index contributed by atoms with van der Waals surface area (Å²) in [5.74, 6) is -0.961. The van der Waals surface area contributed by atoms with Crippen LogP contribution >= 0.6 is 15.9 Å². The Labute approximate surface area is 151 Å². The normalized spacial score (nSPS) is 10.4. The topological polar surface area (TPSA) is 114 Å². The molecule has 2 aromatic carbocycles. The summed E-state index contributed by atoms with van der Waals surface area (Å²) < 4.78 is 0.749. The molecule has 2 rings (SSSR count). The zero-order valence-electron chi connectivity index (χ0n) is 12.8. The largest absolute Gasteiger partial charge is 0.343 e. The van der Waals surface area contributed by atoms with Crippen molar-refractivity contribution in [3.05, 3.63) is 74.2 Å². The summed E-state index contributed by atoms with van der Waals surface area (Å²) in [6, 6.07) is 12.7. The molecule has 0 aliphatic heterocycles. The third-order valence-electron chi connectivity index (χ3n) is 3.02. The first kappa shape index (κ1) is 18.3. The second-order valence-electron chi connectivity index (χ2n) is 4.80. The van der Waals surface area contributed by atoms with E-state index in [4.69, 9.17) is 0 Å². The molecule has 0 atom stereocenters. The van der Waals surface area contributed by atoms with E-state index in [1.165, 1.54) is 24.4 Å². The molecule has 0 radical (unpaired) electrons. The van der Waals surface area contributed by atoms with Gasteiger partial charge in [0.1, 0.15) is 0 Å². The van der Waals surface area contributed by atoms with Gasteiger partial charge in [0.2, 0.25) is 0 Å². The fourth-order valence-electron chi connectivity index (χ4n) is 1.87. The van der Waals surface area contributed by atoms with E-state index in [9.17, 15) is 19.7 Å². The van der Waals surface area contributed by atoms with Crippen LogP contribution in [0.3, 0.4) is 0 Å². The molecule has 2 amide bonds. The predicted octanol–water partition coefficient (Wildman–Crippen LogP) is 2.24. The van der Waals surface area contributed by atoms with E-state index >= 15 is 0 Å². The summed E-state index contributed by atoms with van der Waals surface area (Å²) in [5.41, 5.74) is 2.74. The zero-order chi connectivity index (χ0) is 18.2. The third kappa shape index (κ3) is 5.50. The minimum Gasteiger partial charge on any atom is -0.343 e. The molecule has 0 heterocycles. The van der Waals surface area contributed by atoms with Crippen LogP contribution in [-0.4, -0.2) is 29.5 Å². The Balaban J connectivity index is 1.87. The molecule has 25 heavy (non-hydrogen) atoms. The molecular weight excluding hydrogens is 392 g/mol. The molecular formula is C16H13BrN4O4. The molecule has 0 aromatic heterocycles. The fraction of sp³-hybridized carbons (Fsp3) is 0.0625. The van der Waals surface area contributed by atoms with Crippen LogP contribution in [0, 0.1) is 10.1 Å². The lowest BCUT2D eigenvalue weighted by Gasteiger charge is -2.04. The van der Waals surface area contributed by atoms with Gasteiger partial charge in [-0.3, -0.25) is 19.7 Å². The fourth-order valence-corrected chi connectivity index (χ4v) is 2.27. The number of hydrogen-bond donors (Lipinski definition) is 2. The lowest BCUT2D eigenvalue weighted by molar-refractivity contribution is -0.385. The van der Waals surface area contributed by atoms with Gasteiger partial charge in [0.15, 0.2) is 0 Å². The molecule has 0 aliphatic carbocycles. The Hall–Kier alpha value is -3.07. The summed E-state index contributed by atoms with van der Waals surface area (Å²) in [5, 5.41) is 17.0. The van der Waals surface area contributed by atoms with Crippen LogP contribution in [0.4, 0.5) is 5.69 Å². The van der Waals surface area contributed by atoms with Gasteiger partial charge in [-0.15, -0.1) is 0 Å². The standard InChI is InChI=1S/C16H13BrN4O4/c17-13-6-3-5-11(8-13)16(23)18-10-15(22)20-19-9-12-4-1-2-7-14(12)21(24)25/h1-9H,10H2,(H,18,23)(H,20,22)/b19-9-. The quantitative estimate of drug-likeness (QED) is 0.436. The number of nitro benzene ring substituents is 1. The van der Waals surface area contributed by atoms with Gasteiger partial charge in [0.25, 0.3) is 17.5 Å². The summed E-state index contributed by atoms with van der Waals surface area (Å²) in [4.78, 5) is 33.9. The van der Waals surface area contributed by atoms with Crippen molar-refractivity contribution in [2.24, 2.45) is 5.10 Å². The zero-order valence-corrected chi connectivity index (χ0v) is 14.4. The van der Waals surface area contributed by atoms with Crippen molar-refractivity contribution in [3.63, 3.8) is 0 Å². The summed E-state index contributed by atoms with van der Waals surface area (Å²) in [6.45, 7) is -0.278. The number of para-hydroxylation sites is 1. The summed E-state index contributed by atoms with van der Waals surface area (Å²) >= 11 is 3.26. The van der Waals surface area contributed by atoms with Gasteiger partial charge in [-0.05, 0) is 24.3 Å². The van der Waals surface area contributed by atoms with Gasteiger partial charge in [-0.2, -0.15) is 5.10 Å². The van der Waals surface area contributed by atoms with Crippen LogP contribution in [0.1, 0.15) is 15.9 Å². The Morgan fingerprint density at radius 1 is 1.20 bits per heavy atom. The van der Waals surface area contributed by atoms with Gasteiger partial charge >= 0.3 is 0 Å². The van der Waals surface area contributed by atoms with Crippen LogP contribution in [-0.2, 0) is 4.79 Å². The molecule has 0 saturated heterocycles. The van der Waals surface area contributed by atoms with E-state index in [0.717, 1.165) is 4.47 Å². The molecule has 2 aromatic rings. The maximum Gasteiger partial charge on any atom is 0.278 e. The number of carbonyl (C=O) groups excluding carboxylic acids is 2. The molecule has 0 unspecified atom stereocenters. The second kappa shape index (κ2) is 8.69. The van der Waals surface area contributed by atoms with Crippen molar-refractivity contribution in [3.8, 4) is 0 Å². The first-order valence-electron chi connectivity index (χ1n) is 7.06. The number of hydrazone groups is 1. The van der Waals surface area contributed by atoms with Crippen molar-refractivity contribution in [1.29, 1.82) is 0 Å². The number of benzene rings is 2. The Morgan fingerprint density at radius 3 is 2.68 bits per heavy atom. The number of halogens is 1. The average Bonchev–Trinajstić information content (AvgIpc) is 2.60. The van der Waals surface area contributed by atoms with E-state index in [-0.39, 0.29) is 17.8 Å². The van der Waals surface area contributed by atoms with Crippen LogP contribution in [0.2, 0.25) is 0 Å². The maximum atomic E-state index is 11.9. The minimum atomic E-state index is -0.557. The van der Waals surface area contributed by atoms with Gasteiger partial charge in [0.05, 0.1) is 23.2 Å². The highest BCUT2D eigenvalue weighted by molar-refractivity contribution is 9.10. The number of hydrogen-bond acceptors (Lipinski definition) is 5. The highest BCUT2D eigenvalue weighted by Crippen LogP contribution is 2.15. The first-order chi connectivity index (χ1) is 12.0. The van der Waals surface area contributed by atoms with Crippen molar-refractivity contribution < 1.29 is 14.5 Å². The van der Waals surface area contributed by atoms with Crippen LogP contribution < -0.4 is 10.7 Å². The molecule has 0 saturated carbocycles. The lowest BCUT2D eigenvalue weighted by atomic mass is 10.2. The van der Waals surface area contributed by atoms with E-state index in [1.807, 2.05) is 0 Å². The van der Waals surface area contributed by atoms with Gasteiger partial charge in [0, 0.05) is 16.1 Å². The minimum absolute atomic E-state index is 0.122. The van der Waals surface area contributed by atoms with Crippen LogP contribution in [0.5, 0.6) is 0 Å². The van der Waals surface area contributed by atoms with Gasteiger partial charge in [-0.25, -0.2) is 5.43 Å². The highest BCUT2D eigenvalue weighted by Gasteiger charge is 2.10. The third-order valence-corrected chi connectivity index (χ3v) is 3.52. The number of amides is 2. The summed E-state index contributed by atoms with van der Waals surface area (Å²) in [6.07, 6.45) is 1.17. The van der Waals surface area contributed by atoms with E-state index < -0.39 is 16.7 Å². The number of nitro groups is 1. The number of carbonyl (C=O) groups is 2. The molecule has 0 fully saturated rings. The highest BCUT2D eigenvalue weighted by atomic mass is 79.9. The molecule has 8 nitrogen and oxygen atoms in total. The molecule has 0 spiro atoms. The SMILES string of the molecule is O=C(CNC(=O)c1cccc(Br)c1)N/N=C\c1ccccc1[N+](=O)[O-]. The average molecular weight is 405 g/mol. The Bertz CT molecular complexity index is 838. The van der Waals surface area contributed by atoms with E-state index in [2.05, 4.69) is 31.8 Å². The number of nitrogens with zero attached hydrogens (tertiary/aromatic N) is 2. The lowest BCUT2D eigenvalue weighted by Crippen LogP contribution is -2.34. The van der Waals surface area contributed by atoms with Gasteiger partial charge < -0.3 is 5.32 Å². The first-order valence-corrected chi connectivity index (χ1v) is 7.86. The molecule has 9 heteroatoms. The van der Waals surface area contributed by atoms with E-state index in [0.29, 0.717) is 5.56 Å². The molecule has 0 bridgehead atoms. The molecule has 0 aliphatic rings. The smallest absolute Gasteiger partial charge is 0.278 e. The number of rotatable bonds is 6. The van der Waals surface area contributed by atoms with Crippen molar-refractivity contribution in [1.82, 2.24) is 10.7 Å². The van der Waals surface area contributed by atoms with E-state index in [1.54, 1.807) is 30.3 Å².